The molecule has 1 unspecified atom stereocenters. The van der Waals surface area contributed by atoms with Crippen LogP contribution in [0.5, 0.6) is 5.75 Å². The van der Waals surface area contributed by atoms with E-state index in [9.17, 15) is 5.11 Å². The summed E-state index contributed by atoms with van der Waals surface area (Å²) in [6.07, 6.45) is 6.64. The minimum Gasteiger partial charge on any atom is -0.491 e. The maximum absolute atomic E-state index is 10.3. The zero-order chi connectivity index (χ0) is 19.2. The molecule has 0 aliphatic carbocycles. The van der Waals surface area contributed by atoms with E-state index in [1.807, 2.05) is 12.1 Å². The molecule has 2 aliphatic rings. The number of aliphatic hydroxyl groups is 1. The number of aliphatic hydroxyl groups excluding tert-OH is 1. The summed E-state index contributed by atoms with van der Waals surface area (Å²) in [5.74, 6) is 2.59. The second-order valence-corrected chi connectivity index (χ2v) is 7.88. The SMILES string of the molecule is OC(CNc1nnc2n1CCCC2)COc1cccc(CN2CCCCC2)c1. The normalized spacial score (nSPS) is 18.5. The van der Waals surface area contributed by atoms with Crippen LogP contribution in [0.25, 0.3) is 0 Å². The number of piperidine rings is 1. The molecule has 1 aromatic carbocycles. The van der Waals surface area contributed by atoms with Gasteiger partial charge in [0.15, 0.2) is 0 Å². The van der Waals surface area contributed by atoms with Crippen molar-refractivity contribution in [1.82, 2.24) is 19.7 Å². The predicted octanol–water partition coefficient (Wildman–Crippen LogP) is 2.45. The zero-order valence-corrected chi connectivity index (χ0v) is 16.5. The highest BCUT2D eigenvalue weighted by atomic mass is 16.5. The van der Waals surface area contributed by atoms with Crippen molar-refractivity contribution in [3.05, 3.63) is 35.7 Å². The van der Waals surface area contributed by atoms with E-state index in [0.717, 1.165) is 43.5 Å². The van der Waals surface area contributed by atoms with Gasteiger partial charge in [0.25, 0.3) is 0 Å². The molecule has 152 valence electrons. The fourth-order valence-corrected chi connectivity index (χ4v) is 4.01. The van der Waals surface area contributed by atoms with Crippen molar-refractivity contribution in [3.8, 4) is 5.75 Å². The van der Waals surface area contributed by atoms with Gasteiger partial charge in [-0.3, -0.25) is 9.47 Å². The molecule has 4 rings (SSSR count). The van der Waals surface area contributed by atoms with Crippen LogP contribution in [0, 0.1) is 0 Å². The zero-order valence-electron chi connectivity index (χ0n) is 16.5. The summed E-state index contributed by atoms with van der Waals surface area (Å²) in [5, 5.41) is 21.9. The molecule has 0 bridgehead atoms. The van der Waals surface area contributed by atoms with Crippen LogP contribution in [-0.4, -0.2) is 57.1 Å². The summed E-state index contributed by atoms with van der Waals surface area (Å²) in [6, 6.07) is 8.22. The summed E-state index contributed by atoms with van der Waals surface area (Å²) < 4.78 is 7.94. The molecule has 2 aromatic rings. The lowest BCUT2D eigenvalue weighted by molar-refractivity contribution is 0.117. The first-order valence-electron chi connectivity index (χ1n) is 10.6. The Labute approximate surface area is 166 Å². The molecule has 2 aliphatic heterocycles. The number of rotatable bonds is 8. The third-order valence-electron chi connectivity index (χ3n) is 5.55. The minimum atomic E-state index is -0.609. The highest BCUT2D eigenvalue weighted by Crippen LogP contribution is 2.19. The average molecular weight is 386 g/mol. The van der Waals surface area contributed by atoms with E-state index in [2.05, 4.69) is 37.1 Å². The maximum atomic E-state index is 10.3. The fraction of sp³-hybridized carbons (Fsp3) is 0.619. The van der Waals surface area contributed by atoms with Crippen LogP contribution in [0.4, 0.5) is 5.95 Å². The Hall–Kier alpha value is -2.12. The quantitative estimate of drug-likeness (QED) is 0.727. The van der Waals surface area contributed by atoms with Gasteiger partial charge in [0, 0.05) is 26.1 Å². The molecule has 1 aromatic heterocycles. The second-order valence-electron chi connectivity index (χ2n) is 7.88. The summed E-state index contributed by atoms with van der Waals surface area (Å²) in [4.78, 5) is 2.50. The van der Waals surface area contributed by atoms with E-state index in [0.29, 0.717) is 6.54 Å². The first-order chi connectivity index (χ1) is 13.8. The van der Waals surface area contributed by atoms with Crippen molar-refractivity contribution >= 4 is 5.95 Å². The van der Waals surface area contributed by atoms with Crippen LogP contribution in [0.2, 0.25) is 0 Å². The number of ether oxygens (including phenoxy) is 1. The molecule has 7 heteroatoms. The summed E-state index contributed by atoms with van der Waals surface area (Å²) in [6.45, 7) is 4.93. The van der Waals surface area contributed by atoms with E-state index in [4.69, 9.17) is 4.74 Å². The maximum Gasteiger partial charge on any atom is 0.224 e. The Morgan fingerprint density at radius 3 is 2.82 bits per heavy atom. The lowest BCUT2D eigenvalue weighted by Gasteiger charge is -2.26. The topological polar surface area (TPSA) is 75.4 Å². The monoisotopic (exact) mass is 385 g/mol. The lowest BCUT2D eigenvalue weighted by Crippen LogP contribution is -2.29. The molecule has 1 fully saturated rings. The number of anilines is 1. The molecular formula is C21H31N5O2. The van der Waals surface area contributed by atoms with Crippen LogP contribution in [0.3, 0.4) is 0 Å². The number of hydrogen-bond acceptors (Lipinski definition) is 6. The Balaban J connectivity index is 1.23. The number of nitrogens with zero attached hydrogens (tertiary/aromatic N) is 4. The van der Waals surface area contributed by atoms with E-state index >= 15 is 0 Å². The third-order valence-corrected chi connectivity index (χ3v) is 5.55. The van der Waals surface area contributed by atoms with Crippen LogP contribution in [0.15, 0.2) is 24.3 Å². The van der Waals surface area contributed by atoms with Gasteiger partial charge in [-0.15, -0.1) is 10.2 Å². The first kappa shape index (κ1) is 19.2. The number of likely N-dealkylation sites (tertiary alicyclic amines) is 1. The van der Waals surface area contributed by atoms with Crippen molar-refractivity contribution in [3.63, 3.8) is 0 Å². The Bertz CT molecular complexity index is 757. The fourth-order valence-electron chi connectivity index (χ4n) is 4.01. The van der Waals surface area contributed by atoms with Crippen molar-refractivity contribution < 1.29 is 9.84 Å². The van der Waals surface area contributed by atoms with Crippen molar-refractivity contribution in [1.29, 1.82) is 0 Å². The second kappa shape index (κ2) is 9.39. The van der Waals surface area contributed by atoms with Crippen LogP contribution in [-0.2, 0) is 19.5 Å². The molecule has 1 saturated heterocycles. The number of benzene rings is 1. The van der Waals surface area contributed by atoms with Gasteiger partial charge in [-0.1, -0.05) is 18.6 Å². The highest BCUT2D eigenvalue weighted by Gasteiger charge is 2.16. The Morgan fingerprint density at radius 2 is 1.93 bits per heavy atom. The van der Waals surface area contributed by atoms with Crippen LogP contribution >= 0.6 is 0 Å². The highest BCUT2D eigenvalue weighted by molar-refractivity contribution is 5.29. The number of hydrogen-bond donors (Lipinski definition) is 2. The molecule has 0 spiro atoms. The van der Waals surface area contributed by atoms with Gasteiger partial charge in [-0.05, 0) is 56.5 Å². The van der Waals surface area contributed by atoms with E-state index < -0.39 is 6.10 Å². The number of aromatic nitrogens is 3. The number of nitrogens with one attached hydrogen (secondary N) is 1. The third kappa shape index (κ3) is 5.02. The summed E-state index contributed by atoms with van der Waals surface area (Å²) in [7, 11) is 0. The molecule has 0 saturated carbocycles. The van der Waals surface area contributed by atoms with Gasteiger partial charge >= 0.3 is 0 Å². The Kier molecular flexibility index (Phi) is 6.44. The Morgan fingerprint density at radius 1 is 1.07 bits per heavy atom. The van der Waals surface area contributed by atoms with Crippen molar-refractivity contribution in [2.45, 2.75) is 57.7 Å². The molecule has 0 radical (unpaired) electrons. The predicted molar refractivity (Wildman–Crippen MR) is 109 cm³/mol. The molecule has 0 amide bonds. The van der Waals surface area contributed by atoms with E-state index in [1.54, 1.807) is 0 Å². The van der Waals surface area contributed by atoms with Crippen LogP contribution < -0.4 is 10.1 Å². The van der Waals surface area contributed by atoms with Crippen molar-refractivity contribution in [2.24, 2.45) is 0 Å². The van der Waals surface area contributed by atoms with Gasteiger partial charge < -0.3 is 15.2 Å². The van der Waals surface area contributed by atoms with Gasteiger partial charge in [0.05, 0.1) is 0 Å². The summed E-state index contributed by atoms with van der Waals surface area (Å²) in [5.41, 5.74) is 1.27. The molecular weight excluding hydrogens is 354 g/mol. The molecule has 28 heavy (non-hydrogen) atoms. The number of fused-ring (bicyclic) bond motifs is 1. The van der Waals surface area contributed by atoms with Crippen LogP contribution in [0.1, 0.15) is 43.5 Å². The van der Waals surface area contributed by atoms with Gasteiger partial charge in [0.2, 0.25) is 5.95 Å². The van der Waals surface area contributed by atoms with Gasteiger partial charge in [-0.25, -0.2) is 0 Å². The summed E-state index contributed by atoms with van der Waals surface area (Å²) >= 11 is 0. The van der Waals surface area contributed by atoms with E-state index in [-0.39, 0.29) is 6.61 Å². The lowest BCUT2D eigenvalue weighted by atomic mass is 10.1. The van der Waals surface area contributed by atoms with Crippen molar-refractivity contribution in [2.75, 3.05) is 31.6 Å². The number of aryl methyl sites for hydroxylation is 1. The molecule has 3 heterocycles. The van der Waals surface area contributed by atoms with Gasteiger partial charge in [-0.2, -0.15) is 0 Å². The molecule has 1 atom stereocenters. The smallest absolute Gasteiger partial charge is 0.224 e. The largest absolute Gasteiger partial charge is 0.491 e. The average Bonchev–Trinajstić information content (AvgIpc) is 3.15. The van der Waals surface area contributed by atoms with Gasteiger partial charge in [0.1, 0.15) is 24.3 Å². The standard InChI is InChI=1S/C21H31N5O2/c27-18(14-22-21-24-23-20-9-2-5-12-26(20)21)16-28-19-8-6-7-17(13-19)15-25-10-3-1-4-11-25/h6-8,13,18,27H,1-5,9-12,14-16H2,(H,22,24). The van der Waals surface area contributed by atoms with E-state index in [1.165, 1.54) is 44.3 Å². The first-order valence-corrected chi connectivity index (χ1v) is 10.6. The molecule has 2 N–H and O–H groups in total. The molecule has 7 nitrogen and oxygen atoms in total. The minimum absolute atomic E-state index is 0.251.